The molecule has 4 aromatic carbocycles. The van der Waals surface area contributed by atoms with Crippen molar-refractivity contribution in [1.82, 2.24) is 14.2 Å². The van der Waals surface area contributed by atoms with Crippen molar-refractivity contribution in [3.63, 3.8) is 0 Å². The summed E-state index contributed by atoms with van der Waals surface area (Å²) in [7, 11) is 0. The van der Waals surface area contributed by atoms with Crippen molar-refractivity contribution in [3.8, 4) is 17.5 Å². The second-order valence-corrected chi connectivity index (χ2v) is 9.39. The fourth-order valence-electron chi connectivity index (χ4n) is 4.83. The van der Waals surface area contributed by atoms with E-state index in [0.29, 0.717) is 23.2 Å². The highest BCUT2D eigenvalue weighted by atomic mass is 19.4. The number of benzene rings is 4. The van der Waals surface area contributed by atoms with Gasteiger partial charge in [0.2, 0.25) is 0 Å². The minimum absolute atomic E-state index is 0.0114. The number of hydrogen-bond donors (Lipinski definition) is 0. The lowest BCUT2D eigenvalue weighted by Crippen LogP contribution is -2.20. The maximum Gasteiger partial charge on any atom is 0.416 e. The molecule has 0 bridgehead atoms. The lowest BCUT2D eigenvalue weighted by Gasteiger charge is -2.12. The Morgan fingerprint density at radius 1 is 0.902 bits per heavy atom. The van der Waals surface area contributed by atoms with Crippen molar-refractivity contribution >= 4 is 28.0 Å². The number of nitriles is 1. The largest absolute Gasteiger partial charge is 0.416 e. The van der Waals surface area contributed by atoms with E-state index in [1.54, 1.807) is 30.3 Å². The van der Waals surface area contributed by atoms with Crippen LogP contribution in [-0.4, -0.2) is 20.4 Å². The van der Waals surface area contributed by atoms with Crippen LogP contribution in [0.5, 0.6) is 0 Å². The molecule has 0 radical (unpaired) electrons. The van der Waals surface area contributed by atoms with Crippen molar-refractivity contribution in [2.24, 2.45) is 5.10 Å². The minimum atomic E-state index is -4.56. The lowest BCUT2D eigenvalue weighted by atomic mass is 10.1. The van der Waals surface area contributed by atoms with Crippen LogP contribution < -0.4 is 5.56 Å². The van der Waals surface area contributed by atoms with Gasteiger partial charge in [0.15, 0.2) is 5.82 Å². The normalized spacial score (nSPS) is 11.9. The van der Waals surface area contributed by atoms with Crippen molar-refractivity contribution < 1.29 is 13.2 Å². The molecule has 9 heteroatoms. The smallest absolute Gasteiger partial charge is 0.342 e. The van der Waals surface area contributed by atoms with Gasteiger partial charge in [0.25, 0.3) is 5.56 Å². The Hall–Kier alpha value is -5.49. The molecule has 0 fully saturated rings. The van der Waals surface area contributed by atoms with E-state index >= 15 is 0 Å². The first-order chi connectivity index (χ1) is 19.8. The second kappa shape index (κ2) is 10.2. The fraction of sp³-hybridized carbons (Fsp3) is 0.0625. The molecule has 0 amide bonds. The van der Waals surface area contributed by atoms with Crippen LogP contribution in [0.4, 0.5) is 13.2 Å². The molecular formula is C32H20F3N5O. The molecule has 0 unspecified atom stereocenters. The summed E-state index contributed by atoms with van der Waals surface area (Å²) >= 11 is 0. The fourth-order valence-corrected chi connectivity index (χ4v) is 4.83. The Kier molecular flexibility index (Phi) is 6.44. The van der Waals surface area contributed by atoms with Crippen LogP contribution in [0.3, 0.4) is 0 Å². The number of fused-ring (bicyclic) bond motifs is 2. The highest BCUT2D eigenvalue weighted by Gasteiger charge is 2.31. The van der Waals surface area contributed by atoms with Crippen LogP contribution in [0.15, 0.2) is 113 Å². The summed E-state index contributed by atoms with van der Waals surface area (Å²) in [5, 5.41) is 15.1. The molecule has 41 heavy (non-hydrogen) atoms. The Balaban J connectivity index is 1.50. The number of halogens is 3. The van der Waals surface area contributed by atoms with E-state index in [1.165, 1.54) is 18.3 Å². The average molecular weight is 548 g/mol. The predicted octanol–water partition coefficient (Wildman–Crippen LogP) is 6.84. The van der Waals surface area contributed by atoms with Crippen LogP contribution in [0.1, 0.15) is 22.3 Å². The SMILES string of the molecule is N#Cc1ccccc1Cn1cc(C=Nn2c(-c3cccc(C(F)(F)F)c3)nc3ccccc3c2=O)c2ccccc21. The van der Waals surface area contributed by atoms with Gasteiger partial charge in [-0.2, -0.15) is 28.2 Å². The van der Waals surface area contributed by atoms with Crippen LogP contribution in [-0.2, 0) is 12.7 Å². The van der Waals surface area contributed by atoms with Crippen LogP contribution in [0, 0.1) is 11.3 Å². The summed E-state index contributed by atoms with van der Waals surface area (Å²) in [5.41, 5.74) is 2.09. The van der Waals surface area contributed by atoms with E-state index in [1.807, 2.05) is 53.2 Å². The zero-order valence-electron chi connectivity index (χ0n) is 21.4. The predicted molar refractivity (Wildman–Crippen MR) is 152 cm³/mol. The van der Waals surface area contributed by atoms with Gasteiger partial charge in [0.1, 0.15) is 0 Å². The maximum absolute atomic E-state index is 13.6. The Morgan fingerprint density at radius 2 is 1.63 bits per heavy atom. The Bertz CT molecular complexity index is 2070. The standard InChI is InChI=1S/C32H20F3N5O/c33-32(34,35)25-11-7-10-21(16-25)30-38-28-14-5-3-13-27(28)31(41)40(30)37-18-24-20-39(29-15-6-4-12-26(24)29)19-23-9-2-1-8-22(23)17-36/h1-16,18,20H,19H2. The van der Waals surface area contributed by atoms with Crippen LogP contribution >= 0.6 is 0 Å². The monoisotopic (exact) mass is 547 g/mol. The zero-order chi connectivity index (χ0) is 28.6. The molecule has 200 valence electrons. The number of nitrogens with zero attached hydrogens (tertiary/aromatic N) is 5. The molecule has 6 rings (SSSR count). The average Bonchev–Trinajstić information content (AvgIpc) is 3.33. The molecule has 2 aromatic heterocycles. The second-order valence-electron chi connectivity index (χ2n) is 9.39. The highest BCUT2D eigenvalue weighted by Crippen LogP contribution is 2.32. The molecule has 0 atom stereocenters. The molecule has 0 aliphatic carbocycles. The van der Waals surface area contributed by atoms with E-state index in [4.69, 9.17) is 0 Å². The lowest BCUT2D eigenvalue weighted by molar-refractivity contribution is -0.137. The van der Waals surface area contributed by atoms with Gasteiger partial charge < -0.3 is 4.57 Å². The van der Waals surface area contributed by atoms with Gasteiger partial charge in [0, 0.05) is 34.8 Å². The molecule has 0 saturated carbocycles. The van der Waals surface area contributed by atoms with Crippen LogP contribution in [0.25, 0.3) is 33.2 Å². The van der Waals surface area contributed by atoms with Crippen molar-refractivity contribution in [2.75, 3.05) is 0 Å². The number of alkyl halides is 3. The van der Waals surface area contributed by atoms with E-state index < -0.39 is 17.3 Å². The van der Waals surface area contributed by atoms with Gasteiger partial charge in [-0.1, -0.05) is 60.7 Å². The molecule has 0 spiro atoms. The third-order valence-corrected chi connectivity index (χ3v) is 6.81. The zero-order valence-corrected chi connectivity index (χ0v) is 21.4. The first-order valence-corrected chi connectivity index (χ1v) is 12.6. The summed E-state index contributed by atoms with van der Waals surface area (Å²) in [4.78, 5) is 18.1. The van der Waals surface area contributed by atoms with Gasteiger partial charge in [0.05, 0.1) is 34.3 Å². The van der Waals surface area contributed by atoms with Gasteiger partial charge in [-0.25, -0.2) is 4.98 Å². The highest BCUT2D eigenvalue weighted by molar-refractivity contribution is 5.99. The third-order valence-electron chi connectivity index (χ3n) is 6.81. The maximum atomic E-state index is 13.6. The quantitative estimate of drug-likeness (QED) is 0.222. The third kappa shape index (κ3) is 4.87. The molecular weight excluding hydrogens is 527 g/mol. The summed E-state index contributed by atoms with van der Waals surface area (Å²) in [6.45, 7) is 0.436. The molecule has 0 N–H and O–H groups in total. The summed E-state index contributed by atoms with van der Waals surface area (Å²) in [5.74, 6) is -0.0114. The van der Waals surface area contributed by atoms with E-state index in [-0.39, 0.29) is 16.8 Å². The molecule has 2 heterocycles. The van der Waals surface area contributed by atoms with Crippen molar-refractivity contribution in [2.45, 2.75) is 12.7 Å². The molecule has 0 aliphatic rings. The molecule has 6 nitrogen and oxygen atoms in total. The molecule has 0 aliphatic heterocycles. The number of rotatable bonds is 5. The molecule has 0 saturated heterocycles. The van der Waals surface area contributed by atoms with E-state index in [2.05, 4.69) is 16.2 Å². The topological polar surface area (TPSA) is 76.0 Å². The first kappa shape index (κ1) is 25.8. The summed E-state index contributed by atoms with van der Waals surface area (Å²) in [6.07, 6.45) is -1.19. The Labute approximate surface area is 231 Å². The summed E-state index contributed by atoms with van der Waals surface area (Å²) in [6, 6.07) is 28.5. The first-order valence-electron chi connectivity index (χ1n) is 12.6. The number of aromatic nitrogens is 3. The van der Waals surface area contributed by atoms with Gasteiger partial charge >= 0.3 is 6.18 Å². The van der Waals surface area contributed by atoms with Gasteiger partial charge in [-0.15, -0.1) is 0 Å². The van der Waals surface area contributed by atoms with Crippen molar-refractivity contribution in [1.29, 1.82) is 5.26 Å². The van der Waals surface area contributed by atoms with Crippen molar-refractivity contribution in [3.05, 3.63) is 136 Å². The van der Waals surface area contributed by atoms with Gasteiger partial charge in [-0.3, -0.25) is 4.79 Å². The number of hydrogen-bond acceptors (Lipinski definition) is 4. The molecule has 6 aromatic rings. The number of para-hydroxylation sites is 2. The minimum Gasteiger partial charge on any atom is -0.342 e. The van der Waals surface area contributed by atoms with Gasteiger partial charge in [-0.05, 0) is 42.0 Å². The van der Waals surface area contributed by atoms with E-state index in [0.717, 1.165) is 33.3 Å². The summed E-state index contributed by atoms with van der Waals surface area (Å²) < 4.78 is 43.5. The Morgan fingerprint density at radius 3 is 2.44 bits per heavy atom. The van der Waals surface area contributed by atoms with Crippen LogP contribution in [0.2, 0.25) is 0 Å². The van der Waals surface area contributed by atoms with E-state index in [9.17, 15) is 23.2 Å².